The van der Waals surface area contributed by atoms with Crippen molar-refractivity contribution in [2.75, 3.05) is 5.32 Å². The third-order valence-electron chi connectivity index (χ3n) is 5.07. The Hall–Kier alpha value is -1.53. The second-order valence-electron chi connectivity index (χ2n) is 7.24. The lowest BCUT2D eigenvalue weighted by atomic mass is 9.86. The first-order valence-electron chi connectivity index (χ1n) is 7.98. The van der Waals surface area contributed by atoms with Crippen molar-refractivity contribution in [2.24, 2.45) is 5.92 Å². The molecule has 0 aliphatic heterocycles. The van der Waals surface area contributed by atoms with E-state index in [1.807, 2.05) is 0 Å². The van der Waals surface area contributed by atoms with Crippen LogP contribution >= 0.6 is 0 Å². The van der Waals surface area contributed by atoms with Crippen LogP contribution in [-0.4, -0.2) is 11.1 Å². The van der Waals surface area contributed by atoms with E-state index in [1.165, 1.54) is 5.56 Å². The summed E-state index contributed by atoms with van der Waals surface area (Å²) in [6.45, 7) is 4.38. The van der Waals surface area contributed by atoms with Gasteiger partial charge in [-0.15, -0.1) is 0 Å². The van der Waals surface area contributed by atoms with Crippen LogP contribution in [0.1, 0.15) is 63.2 Å². The molecule has 0 spiro atoms. The molecule has 2 aliphatic rings. The maximum atomic E-state index is 10.3. The van der Waals surface area contributed by atoms with Gasteiger partial charge < -0.3 is 10.4 Å². The van der Waals surface area contributed by atoms with Crippen LogP contribution in [0.3, 0.4) is 0 Å². The van der Waals surface area contributed by atoms with Crippen LogP contribution in [0.5, 0.6) is 0 Å². The van der Waals surface area contributed by atoms with E-state index in [0.717, 1.165) is 43.4 Å². The van der Waals surface area contributed by atoms with E-state index in [1.54, 1.807) is 0 Å². The lowest BCUT2D eigenvalue weighted by Crippen LogP contribution is -2.26. The van der Waals surface area contributed by atoms with E-state index in [-0.39, 0.29) is 17.4 Å². The first-order chi connectivity index (χ1) is 9.99. The summed E-state index contributed by atoms with van der Waals surface area (Å²) < 4.78 is 0. The van der Waals surface area contributed by atoms with Gasteiger partial charge in [-0.1, -0.05) is 26.3 Å². The molecule has 0 amide bonds. The van der Waals surface area contributed by atoms with Crippen molar-refractivity contribution in [3.63, 3.8) is 0 Å². The normalized spacial score (nSPS) is 30.5. The largest absolute Gasteiger partial charge is 0.388 e. The highest BCUT2D eigenvalue weighted by Crippen LogP contribution is 2.45. The van der Waals surface area contributed by atoms with Gasteiger partial charge >= 0.3 is 0 Å². The number of rotatable bonds is 2. The molecule has 1 fully saturated rings. The van der Waals surface area contributed by atoms with Crippen molar-refractivity contribution in [3.05, 3.63) is 29.3 Å². The van der Waals surface area contributed by atoms with Crippen LogP contribution < -0.4 is 5.32 Å². The predicted octanol–water partition coefficient (Wildman–Crippen LogP) is 3.90. The number of nitriles is 1. The third kappa shape index (κ3) is 2.78. The topological polar surface area (TPSA) is 56.0 Å². The molecule has 2 aliphatic carbocycles. The minimum Gasteiger partial charge on any atom is -0.388 e. The van der Waals surface area contributed by atoms with E-state index in [2.05, 4.69) is 43.4 Å². The maximum absolute atomic E-state index is 10.3. The molecule has 3 heteroatoms. The van der Waals surface area contributed by atoms with Gasteiger partial charge in [-0.25, -0.2) is 0 Å². The molecule has 2 N–H and O–H groups in total. The number of nitrogens with one attached hydrogen (secondary N) is 1. The molecule has 3 unspecified atom stereocenters. The summed E-state index contributed by atoms with van der Waals surface area (Å²) in [5, 5.41) is 22.9. The number of aliphatic hydroxyl groups excluding tert-OH is 1. The maximum Gasteiger partial charge on any atom is 0.0802 e. The summed E-state index contributed by atoms with van der Waals surface area (Å²) in [6, 6.07) is 9.15. The molecule has 1 aromatic rings. The lowest BCUT2D eigenvalue weighted by Gasteiger charge is -2.27. The monoisotopic (exact) mass is 284 g/mol. The van der Waals surface area contributed by atoms with Crippen LogP contribution in [0.15, 0.2) is 18.2 Å². The molecule has 0 aromatic heterocycles. The van der Waals surface area contributed by atoms with Gasteiger partial charge in [0.15, 0.2) is 0 Å². The van der Waals surface area contributed by atoms with Crippen LogP contribution in [-0.2, 0) is 5.41 Å². The molecule has 112 valence electrons. The molecule has 3 atom stereocenters. The van der Waals surface area contributed by atoms with Gasteiger partial charge in [0, 0.05) is 17.6 Å². The fourth-order valence-electron chi connectivity index (χ4n) is 3.92. The number of hydrogen-bond donors (Lipinski definition) is 2. The van der Waals surface area contributed by atoms with Crippen LogP contribution in [0.2, 0.25) is 0 Å². The SMILES string of the molecule is CC1(C)CC(O)c2cc(NC3CCCC(C#N)C3)ccc21. The van der Waals surface area contributed by atoms with E-state index in [0.29, 0.717) is 6.04 Å². The Bertz CT molecular complexity index is 573. The van der Waals surface area contributed by atoms with Gasteiger partial charge in [-0.3, -0.25) is 0 Å². The molecule has 3 nitrogen and oxygen atoms in total. The highest BCUT2D eigenvalue weighted by atomic mass is 16.3. The Morgan fingerprint density at radius 1 is 1.33 bits per heavy atom. The van der Waals surface area contributed by atoms with Crippen molar-refractivity contribution in [3.8, 4) is 6.07 Å². The average Bonchev–Trinajstić information content (AvgIpc) is 2.69. The zero-order valence-electron chi connectivity index (χ0n) is 12.9. The molecule has 21 heavy (non-hydrogen) atoms. The lowest BCUT2D eigenvalue weighted by molar-refractivity contribution is 0.161. The molecule has 1 aromatic carbocycles. The highest BCUT2D eigenvalue weighted by molar-refractivity contribution is 5.53. The molecular formula is C18H24N2O. The fourth-order valence-corrected chi connectivity index (χ4v) is 3.92. The van der Waals surface area contributed by atoms with Crippen LogP contribution in [0.4, 0.5) is 5.69 Å². The van der Waals surface area contributed by atoms with Crippen molar-refractivity contribution in [1.82, 2.24) is 0 Å². The molecule has 1 saturated carbocycles. The average molecular weight is 284 g/mol. The number of aliphatic hydroxyl groups is 1. The van der Waals surface area contributed by atoms with E-state index >= 15 is 0 Å². The summed E-state index contributed by atoms with van der Waals surface area (Å²) in [5.41, 5.74) is 3.47. The van der Waals surface area contributed by atoms with Crippen molar-refractivity contribution >= 4 is 5.69 Å². The first-order valence-corrected chi connectivity index (χ1v) is 7.98. The molecule has 0 radical (unpaired) electrons. The zero-order valence-corrected chi connectivity index (χ0v) is 12.9. The van der Waals surface area contributed by atoms with Crippen LogP contribution in [0.25, 0.3) is 0 Å². The summed E-state index contributed by atoms with van der Waals surface area (Å²) in [4.78, 5) is 0. The van der Waals surface area contributed by atoms with Gasteiger partial charge in [0.2, 0.25) is 0 Å². The van der Waals surface area contributed by atoms with Crippen molar-refractivity contribution < 1.29 is 5.11 Å². The summed E-state index contributed by atoms with van der Waals surface area (Å²) >= 11 is 0. The van der Waals surface area contributed by atoms with Crippen molar-refractivity contribution in [2.45, 2.75) is 63.5 Å². The molecule has 0 heterocycles. The third-order valence-corrected chi connectivity index (χ3v) is 5.07. The molecule has 0 saturated heterocycles. The van der Waals surface area contributed by atoms with Crippen molar-refractivity contribution in [1.29, 1.82) is 5.26 Å². The minimum atomic E-state index is -0.352. The number of anilines is 1. The Morgan fingerprint density at radius 2 is 2.14 bits per heavy atom. The molecule has 0 bridgehead atoms. The number of fused-ring (bicyclic) bond motifs is 1. The van der Waals surface area contributed by atoms with Gasteiger partial charge in [-0.2, -0.15) is 5.26 Å². The van der Waals surface area contributed by atoms with Gasteiger partial charge in [0.05, 0.1) is 12.2 Å². The van der Waals surface area contributed by atoms with E-state index in [9.17, 15) is 5.11 Å². The van der Waals surface area contributed by atoms with Gasteiger partial charge in [0.1, 0.15) is 0 Å². The second kappa shape index (κ2) is 5.35. The van der Waals surface area contributed by atoms with Gasteiger partial charge in [0.25, 0.3) is 0 Å². The highest BCUT2D eigenvalue weighted by Gasteiger charge is 2.36. The van der Waals surface area contributed by atoms with Gasteiger partial charge in [-0.05, 0) is 54.4 Å². The smallest absolute Gasteiger partial charge is 0.0802 e. The first kappa shape index (κ1) is 14.4. The number of nitrogens with zero attached hydrogens (tertiary/aromatic N) is 1. The predicted molar refractivity (Wildman–Crippen MR) is 84.0 cm³/mol. The number of benzene rings is 1. The van der Waals surface area contributed by atoms with E-state index in [4.69, 9.17) is 5.26 Å². The van der Waals surface area contributed by atoms with E-state index < -0.39 is 0 Å². The zero-order chi connectivity index (χ0) is 15.0. The number of hydrogen-bond acceptors (Lipinski definition) is 3. The Morgan fingerprint density at radius 3 is 2.90 bits per heavy atom. The summed E-state index contributed by atoms with van der Waals surface area (Å²) in [7, 11) is 0. The fraction of sp³-hybridized carbons (Fsp3) is 0.611. The second-order valence-corrected chi connectivity index (χ2v) is 7.24. The Labute approximate surface area is 127 Å². The summed E-state index contributed by atoms with van der Waals surface area (Å²) in [6.07, 6.45) is 4.66. The quantitative estimate of drug-likeness (QED) is 0.866. The standard InChI is InChI=1S/C18H24N2O/c1-18(2)10-17(21)15-9-14(6-7-16(15)18)20-13-5-3-4-12(8-13)11-19/h6-7,9,12-13,17,20-21H,3-5,8,10H2,1-2H3. The molecular weight excluding hydrogens is 260 g/mol. The van der Waals surface area contributed by atoms with Crippen LogP contribution in [0, 0.1) is 17.2 Å². The summed E-state index contributed by atoms with van der Waals surface area (Å²) in [5.74, 6) is 0.190. The molecule has 3 rings (SSSR count). The Kier molecular flexibility index (Phi) is 3.67. The Balaban J connectivity index is 1.76. The minimum absolute atomic E-state index is 0.0595.